The summed E-state index contributed by atoms with van der Waals surface area (Å²) in [4.78, 5) is 4.21. The number of nitrogens with two attached hydrogens (primary N) is 1. The van der Waals surface area contributed by atoms with Crippen LogP contribution < -0.4 is 5.73 Å². The zero-order chi connectivity index (χ0) is 13.1. The third-order valence-corrected chi connectivity index (χ3v) is 2.86. The molecule has 0 bridgehead atoms. The van der Waals surface area contributed by atoms with Gasteiger partial charge in [-0.25, -0.2) is 4.39 Å². The lowest BCUT2D eigenvalue weighted by Gasteiger charge is -2.02. The van der Waals surface area contributed by atoms with Gasteiger partial charge >= 0.3 is 0 Å². The Kier molecular flexibility index (Phi) is 3.72. The molecule has 5 heteroatoms. The molecule has 0 saturated carbocycles. The molecule has 2 aromatic rings. The number of aryl methyl sites for hydroxylation is 1. The lowest BCUT2D eigenvalue weighted by molar-refractivity contribution is 0.368. The van der Waals surface area contributed by atoms with Gasteiger partial charge in [0.15, 0.2) is 0 Å². The van der Waals surface area contributed by atoms with Crippen molar-refractivity contribution in [2.75, 3.05) is 0 Å². The zero-order valence-corrected chi connectivity index (χ0v) is 10.5. The van der Waals surface area contributed by atoms with Crippen molar-refractivity contribution in [3.05, 3.63) is 35.5 Å². The van der Waals surface area contributed by atoms with Gasteiger partial charge in [0.2, 0.25) is 11.7 Å². The highest BCUT2D eigenvalue weighted by Gasteiger charge is 2.12. The van der Waals surface area contributed by atoms with Crippen molar-refractivity contribution in [1.29, 1.82) is 0 Å². The fraction of sp³-hybridized carbons (Fsp3) is 0.385. The van der Waals surface area contributed by atoms with Crippen LogP contribution in [0.1, 0.15) is 24.8 Å². The van der Waals surface area contributed by atoms with E-state index in [1.54, 1.807) is 19.1 Å². The first-order valence-corrected chi connectivity index (χ1v) is 5.95. The van der Waals surface area contributed by atoms with E-state index in [1.165, 1.54) is 6.07 Å². The van der Waals surface area contributed by atoms with E-state index in [-0.39, 0.29) is 11.9 Å². The van der Waals surface area contributed by atoms with Crippen molar-refractivity contribution in [3.63, 3.8) is 0 Å². The predicted molar refractivity (Wildman–Crippen MR) is 66.4 cm³/mol. The molecular weight excluding hydrogens is 233 g/mol. The van der Waals surface area contributed by atoms with Gasteiger partial charge in [-0.2, -0.15) is 4.98 Å². The second kappa shape index (κ2) is 5.27. The van der Waals surface area contributed by atoms with Gasteiger partial charge < -0.3 is 10.3 Å². The zero-order valence-electron chi connectivity index (χ0n) is 10.5. The maximum absolute atomic E-state index is 13.4. The third-order valence-electron chi connectivity index (χ3n) is 2.86. The number of nitrogens with zero attached hydrogens (tertiary/aromatic N) is 2. The van der Waals surface area contributed by atoms with Gasteiger partial charge in [0.25, 0.3) is 0 Å². The second-order valence-electron chi connectivity index (χ2n) is 4.35. The Bertz CT molecular complexity index is 539. The maximum Gasteiger partial charge on any atom is 0.228 e. The molecule has 1 aromatic carbocycles. The molecule has 0 aliphatic carbocycles. The highest BCUT2D eigenvalue weighted by molar-refractivity contribution is 5.54. The number of rotatable bonds is 4. The van der Waals surface area contributed by atoms with Crippen LogP contribution in [-0.2, 0) is 6.42 Å². The van der Waals surface area contributed by atoms with Gasteiger partial charge in [-0.15, -0.1) is 0 Å². The minimum absolute atomic E-state index is 0.00746. The fourth-order valence-corrected chi connectivity index (χ4v) is 1.56. The van der Waals surface area contributed by atoms with E-state index in [0.29, 0.717) is 29.3 Å². The molecule has 0 spiro atoms. The maximum atomic E-state index is 13.4. The predicted octanol–water partition coefficient (Wildman–Crippen LogP) is 2.46. The summed E-state index contributed by atoms with van der Waals surface area (Å²) in [5, 5.41) is 3.84. The lowest BCUT2D eigenvalue weighted by Crippen LogP contribution is -2.21. The summed E-state index contributed by atoms with van der Waals surface area (Å²) in [6.45, 7) is 3.71. The molecule has 1 heterocycles. The molecular formula is C13H16FN3O. The molecule has 0 fully saturated rings. The number of halogens is 1. The largest absolute Gasteiger partial charge is 0.339 e. The van der Waals surface area contributed by atoms with Crippen LogP contribution in [0.15, 0.2) is 22.7 Å². The van der Waals surface area contributed by atoms with Gasteiger partial charge in [0, 0.05) is 18.0 Å². The van der Waals surface area contributed by atoms with Crippen molar-refractivity contribution in [2.45, 2.75) is 32.7 Å². The molecule has 0 aliphatic rings. The molecule has 0 aliphatic heterocycles. The van der Waals surface area contributed by atoms with Gasteiger partial charge in [0.1, 0.15) is 5.82 Å². The van der Waals surface area contributed by atoms with E-state index in [0.717, 1.165) is 6.42 Å². The molecule has 4 nitrogen and oxygen atoms in total. The van der Waals surface area contributed by atoms with E-state index in [1.807, 2.05) is 6.92 Å². The third kappa shape index (κ3) is 2.73. The molecule has 1 atom stereocenters. The quantitative estimate of drug-likeness (QED) is 0.904. The van der Waals surface area contributed by atoms with Crippen LogP contribution in [0.4, 0.5) is 4.39 Å². The molecule has 1 aromatic heterocycles. The van der Waals surface area contributed by atoms with Crippen molar-refractivity contribution < 1.29 is 8.91 Å². The van der Waals surface area contributed by atoms with Crippen molar-refractivity contribution >= 4 is 0 Å². The van der Waals surface area contributed by atoms with Gasteiger partial charge in [-0.05, 0) is 25.0 Å². The summed E-state index contributed by atoms with van der Waals surface area (Å²) in [6.07, 6.45) is 1.38. The number of benzene rings is 1. The van der Waals surface area contributed by atoms with Crippen LogP contribution in [0.2, 0.25) is 0 Å². The molecule has 1 unspecified atom stereocenters. The normalized spacial score (nSPS) is 12.7. The first-order chi connectivity index (χ1) is 8.60. The number of hydrogen-bond donors (Lipinski definition) is 1. The fourth-order valence-electron chi connectivity index (χ4n) is 1.56. The topological polar surface area (TPSA) is 64.9 Å². The van der Waals surface area contributed by atoms with E-state index < -0.39 is 0 Å². The van der Waals surface area contributed by atoms with E-state index in [4.69, 9.17) is 10.3 Å². The van der Waals surface area contributed by atoms with E-state index in [9.17, 15) is 4.39 Å². The first-order valence-electron chi connectivity index (χ1n) is 5.95. The van der Waals surface area contributed by atoms with Crippen LogP contribution in [0.5, 0.6) is 0 Å². The Morgan fingerprint density at radius 2 is 2.22 bits per heavy atom. The average Bonchev–Trinajstić information content (AvgIpc) is 2.81. The van der Waals surface area contributed by atoms with Crippen LogP contribution in [0.3, 0.4) is 0 Å². The van der Waals surface area contributed by atoms with E-state index >= 15 is 0 Å². The smallest absolute Gasteiger partial charge is 0.228 e. The molecule has 96 valence electrons. The highest BCUT2D eigenvalue weighted by atomic mass is 19.1. The Morgan fingerprint density at radius 1 is 1.44 bits per heavy atom. The summed E-state index contributed by atoms with van der Waals surface area (Å²) in [7, 11) is 0. The summed E-state index contributed by atoms with van der Waals surface area (Å²) in [6, 6.07) is 4.88. The Labute approximate surface area is 105 Å². The van der Waals surface area contributed by atoms with Crippen LogP contribution in [0.25, 0.3) is 11.4 Å². The van der Waals surface area contributed by atoms with Crippen molar-refractivity contribution in [3.8, 4) is 11.4 Å². The van der Waals surface area contributed by atoms with Gasteiger partial charge in [-0.3, -0.25) is 0 Å². The molecule has 0 saturated heterocycles. The summed E-state index contributed by atoms with van der Waals surface area (Å²) >= 11 is 0. The molecule has 18 heavy (non-hydrogen) atoms. The van der Waals surface area contributed by atoms with Crippen LogP contribution in [0, 0.1) is 12.7 Å². The SMILES string of the molecule is CCC(N)Cc1nc(-c2ccc(C)c(F)c2)no1. The average molecular weight is 249 g/mol. The van der Waals surface area contributed by atoms with E-state index in [2.05, 4.69) is 10.1 Å². The lowest BCUT2D eigenvalue weighted by atomic mass is 10.1. The van der Waals surface area contributed by atoms with Gasteiger partial charge in [-0.1, -0.05) is 24.2 Å². The standard InChI is InChI=1S/C13H16FN3O/c1-3-10(15)7-12-16-13(17-18-12)9-5-4-8(2)11(14)6-9/h4-6,10H,3,7,15H2,1-2H3. The van der Waals surface area contributed by atoms with Gasteiger partial charge in [0.05, 0.1) is 0 Å². The highest BCUT2D eigenvalue weighted by Crippen LogP contribution is 2.19. The number of hydrogen-bond acceptors (Lipinski definition) is 4. The number of aromatic nitrogens is 2. The summed E-state index contributed by atoms with van der Waals surface area (Å²) in [5.74, 6) is 0.608. The van der Waals surface area contributed by atoms with Crippen LogP contribution >= 0.6 is 0 Å². The Morgan fingerprint density at radius 3 is 2.89 bits per heavy atom. The van der Waals surface area contributed by atoms with Crippen LogP contribution in [-0.4, -0.2) is 16.2 Å². The second-order valence-corrected chi connectivity index (χ2v) is 4.35. The van der Waals surface area contributed by atoms with Crippen molar-refractivity contribution in [1.82, 2.24) is 10.1 Å². The minimum atomic E-state index is -0.274. The first kappa shape index (κ1) is 12.7. The molecule has 2 rings (SSSR count). The summed E-state index contributed by atoms with van der Waals surface area (Å²) < 4.78 is 18.5. The molecule has 2 N–H and O–H groups in total. The Hall–Kier alpha value is -1.75. The minimum Gasteiger partial charge on any atom is -0.339 e. The van der Waals surface area contributed by atoms with Crippen molar-refractivity contribution in [2.24, 2.45) is 5.73 Å². The molecule has 0 amide bonds. The summed E-state index contributed by atoms with van der Waals surface area (Å²) in [5.41, 5.74) is 7.01. The Balaban J connectivity index is 2.21. The molecule has 0 radical (unpaired) electrons. The monoisotopic (exact) mass is 249 g/mol.